The fourth-order valence-corrected chi connectivity index (χ4v) is 1.85. The zero-order valence-electron chi connectivity index (χ0n) is 12.6. The lowest BCUT2D eigenvalue weighted by atomic mass is 10.2. The van der Waals surface area contributed by atoms with Gasteiger partial charge in [0.25, 0.3) is 5.91 Å². The van der Waals surface area contributed by atoms with E-state index in [1.54, 1.807) is 24.3 Å². The smallest absolute Gasteiger partial charge is 0.260 e. The molecule has 0 aromatic heterocycles. The molecule has 4 heteroatoms. The van der Waals surface area contributed by atoms with Gasteiger partial charge in [0.1, 0.15) is 5.75 Å². The molecule has 1 amide bonds. The van der Waals surface area contributed by atoms with Crippen LogP contribution in [-0.4, -0.2) is 30.0 Å². The molecule has 4 nitrogen and oxygen atoms in total. The molecule has 0 saturated heterocycles. The second kappa shape index (κ2) is 7.54. The number of nitrogens with zero attached hydrogens (tertiary/aromatic N) is 2. The summed E-state index contributed by atoms with van der Waals surface area (Å²) >= 11 is 0. The van der Waals surface area contributed by atoms with Gasteiger partial charge < -0.3 is 9.64 Å². The van der Waals surface area contributed by atoms with Crippen molar-refractivity contribution in [3.05, 3.63) is 29.8 Å². The summed E-state index contributed by atoms with van der Waals surface area (Å²) in [4.78, 5) is 14.0. The fourth-order valence-electron chi connectivity index (χ4n) is 1.85. The Balaban J connectivity index is 2.58. The molecule has 0 saturated carbocycles. The fraction of sp³-hybridized carbons (Fsp3) is 0.500. The Morgan fingerprint density at radius 3 is 2.30 bits per heavy atom. The van der Waals surface area contributed by atoms with Crippen LogP contribution in [0.2, 0.25) is 0 Å². The maximum atomic E-state index is 12.2. The number of hydrogen-bond donors (Lipinski definition) is 0. The van der Waals surface area contributed by atoms with Gasteiger partial charge in [0.05, 0.1) is 11.6 Å². The number of carbonyl (C=O) groups is 1. The van der Waals surface area contributed by atoms with Gasteiger partial charge in [-0.05, 0) is 44.0 Å². The van der Waals surface area contributed by atoms with E-state index in [9.17, 15) is 4.79 Å². The van der Waals surface area contributed by atoms with Crippen LogP contribution in [-0.2, 0) is 4.79 Å². The molecule has 1 aromatic rings. The second-order valence-electron chi connectivity index (χ2n) is 5.46. The van der Waals surface area contributed by atoms with E-state index in [-0.39, 0.29) is 18.6 Å². The van der Waals surface area contributed by atoms with Gasteiger partial charge in [-0.2, -0.15) is 5.26 Å². The number of amides is 1. The van der Waals surface area contributed by atoms with Gasteiger partial charge in [-0.25, -0.2) is 0 Å². The molecule has 0 aliphatic carbocycles. The van der Waals surface area contributed by atoms with Crippen molar-refractivity contribution >= 4 is 5.91 Å². The van der Waals surface area contributed by atoms with Crippen LogP contribution in [0.5, 0.6) is 5.75 Å². The van der Waals surface area contributed by atoms with E-state index < -0.39 is 0 Å². The Morgan fingerprint density at radius 2 is 1.85 bits per heavy atom. The summed E-state index contributed by atoms with van der Waals surface area (Å²) in [5.41, 5.74) is 0.576. The van der Waals surface area contributed by atoms with E-state index in [1.165, 1.54) is 0 Å². The van der Waals surface area contributed by atoms with Crippen molar-refractivity contribution < 1.29 is 9.53 Å². The van der Waals surface area contributed by atoms with Crippen LogP contribution in [0.25, 0.3) is 0 Å². The molecule has 0 spiro atoms. The largest absolute Gasteiger partial charge is 0.484 e. The first-order chi connectivity index (χ1) is 9.43. The van der Waals surface area contributed by atoms with E-state index in [2.05, 4.69) is 13.8 Å². The highest BCUT2D eigenvalue weighted by Crippen LogP contribution is 2.12. The molecule has 1 rings (SSSR count). The molecule has 1 aromatic carbocycles. The zero-order chi connectivity index (χ0) is 15.1. The van der Waals surface area contributed by atoms with Crippen LogP contribution in [0.4, 0.5) is 0 Å². The predicted molar refractivity (Wildman–Crippen MR) is 78.3 cm³/mol. The number of hydrogen-bond acceptors (Lipinski definition) is 3. The van der Waals surface area contributed by atoms with Crippen molar-refractivity contribution in [1.29, 1.82) is 5.26 Å². The lowest BCUT2D eigenvalue weighted by molar-refractivity contribution is -0.135. The number of nitriles is 1. The van der Waals surface area contributed by atoms with E-state index >= 15 is 0 Å². The molecule has 0 unspecified atom stereocenters. The first-order valence-corrected chi connectivity index (χ1v) is 6.86. The van der Waals surface area contributed by atoms with Crippen molar-refractivity contribution in [2.24, 2.45) is 5.92 Å². The van der Waals surface area contributed by atoms with Crippen LogP contribution in [0.1, 0.15) is 33.3 Å². The standard InChI is InChI=1S/C16H22N2O2/c1-12(2)10-18(13(3)4)16(19)11-20-15-7-5-14(9-17)6-8-15/h5-8,12-13H,10-11H2,1-4H3. The molecular weight excluding hydrogens is 252 g/mol. The minimum atomic E-state index is -0.0157. The van der Waals surface area contributed by atoms with Gasteiger partial charge in [-0.1, -0.05) is 13.8 Å². The highest BCUT2D eigenvalue weighted by molar-refractivity contribution is 5.78. The van der Waals surface area contributed by atoms with Crippen LogP contribution in [0, 0.1) is 17.2 Å². The lowest BCUT2D eigenvalue weighted by Crippen LogP contribution is -2.42. The molecule has 0 atom stereocenters. The van der Waals surface area contributed by atoms with Gasteiger partial charge in [-0.15, -0.1) is 0 Å². The van der Waals surface area contributed by atoms with Gasteiger partial charge in [-0.3, -0.25) is 4.79 Å². The monoisotopic (exact) mass is 274 g/mol. The van der Waals surface area contributed by atoms with Crippen molar-refractivity contribution in [3.63, 3.8) is 0 Å². The summed E-state index contributed by atoms with van der Waals surface area (Å²) in [6.45, 7) is 8.93. The topological polar surface area (TPSA) is 53.3 Å². The molecule has 0 radical (unpaired) electrons. The molecular formula is C16H22N2O2. The molecule has 0 heterocycles. The molecule has 20 heavy (non-hydrogen) atoms. The van der Waals surface area contributed by atoms with Crippen LogP contribution >= 0.6 is 0 Å². The Hall–Kier alpha value is -2.02. The summed E-state index contributed by atoms with van der Waals surface area (Å²) in [7, 11) is 0. The normalized spacial score (nSPS) is 10.4. The maximum absolute atomic E-state index is 12.2. The van der Waals surface area contributed by atoms with Gasteiger partial charge in [0.15, 0.2) is 6.61 Å². The molecule has 0 bridgehead atoms. The Labute approximate surface area is 121 Å². The summed E-state index contributed by atoms with van der Waals surface area (Å²) in [5.74, 6) is 1.01. The average molecular weight is 274 g/mol. The molecule has 108 valence electrons. The third kappa shape index (κ3) is 4.93. The van der Waals surface area contributed by atoms with E-state index in [0.29, 0.717) is 17.2 Å². The summed E-state index contributed by atoms with van der Waals surface area (Å²) < 4.78 is 5.48. The zero-order valence-corrected chi connectivity index (χ0v) is 12.6. The lowest BCUT2D eigenvalue weighted by Gasteiger charge is -2.28. The number of benzene rings is 1. The third-order valence-corrected chi connectivity index (χ3v) is 2.85. The van der Waals surface area contributed by atoms with Crippen molar-refractivity contribution in [1.82, 2.24) is 4.90 Å². The highest BCUT2D eigenvalue weighted by Gasteiger charge is 2.18. The quantitative estimate of drug-likeness (QED) is 0.801. The molecule has 0 N–H and O–H groups in total. The average Bonchev–Trinajstić information content (AvgIpc) is 2.42. The van der Waals surface area contributed by atoms with E-state index in [4.69, 9.17) is 10.00 Å². The minimum absolute atomic E-state index is 0.0157. The summed E-state index contributed by atoms with van der Waals surface area (Å²) in [6, 6.07) is 8.96. The SMILES string of the molecule is CC(C)CN(C(=O)COc1ccc(C#N)cc1)C(C)C. The third-order valence-electron chi connectivity index (χ3n) is 2.85. The molecule has 0 fully saturated rings. The second-order valence-corrected chi connectivity index (χ2v) is 5.46. The van der Waals surface area contributed by atoms with Crippen LogP contribution in [0.3, 0.4) is 0 Å². The van der Waals surface area contributed by atoms with E-state index in [0.717, 1.165) is 6.54 Å². The number of rotatable bonds is 6. The van der Waals surface area contributed by atoms with Gasteiger partial charge >= 0.3 is 0 Å². The summed E-state index contributed by atoms with van der Waals surface area (Å²) in [5, 5.41) is 8.71. The van der Waals surface area contributed by atoms with Crippen molar-refractivity contribution in [2.45, 2.75) is 33.7 Å². The first-order valence-electron chi connectivity index (χ1n) is 6.86. The Bertz CT molecular complexity index is 472. The summed E-state index contributed by atoms with van der Waals surface area (Å²) in [6.07, 6.45) is 0. The van der Waals surface area contributed by atoms with Crippen molar-refractivity contribution in [2.75, 3.05) is 13.2 Å². The molecule has 0 aliphatic heterocycles. The molecule has 0 aliphatic rings. The Morgan fingerprint density at radius 1 is 1.25 bits per heavy atom. The number of ether oxygens (including phenoxy) is 1. The van der Waals surface area contributed by atoms with Crippen LogP contribution in [0.15, 0.2) is 24.3 Å². The van der Waals surface area contributed by atoms with Crippen LogP contribution < -0.4 is 4.74 Å². The Kier molecular flexibility index (Phi) is 6.05. The van der Waals surface area contributed by atoms with E-state index in [1.807, 2.05) is 24.8 Å². The first kappa shape index (κ1) is 16.0. The minimum Gasteiger partial charge on any atom is -0.484 e. The maximum Gasteiger partial charge on any atom is 0.260 e. The van der Waals surface area contributed by atoms with Crippen molar-refractivity contribution in [3.8, 4) is 11.8 Å². The number of carbonyl (C=O) groups excluding carboxylic acids is 1. The van der Waals surface area contributed by atoms with Gasteiger partial charge in [0, 0.05) is 12.6 Å². The van der Waals surface area contributed by atoms with Gasteiger partial charge in [0.2, 0.25) is 0 Å². The predicted octanol–water partition coefficient (Wildman–Crippen LogP) is 2.83. The highest BCUT2D eigenvalue weighted by atomic mass is 16.5.